The number of hydrogen-bond acceptors (Lipinski definition) is 2. The molecule has 1 atom stereocenters. The van der Waals surface area contributed by atoms with Crippen molar-refractivity contribution in [1.29, 1.82) is 0 Å². The molecule has 128 valence electrons. The molecule has 0 spiro atoms. The molecule has 0 bridgehead atoms. The maximum Gasteiger partial charge on any atom is 0.329 e. The van der Waals surface area contributed by atoms with Gasteiger partial charge in [-0.05, 0) is 24.0 Å². The standard InChI is InChI=1S/C20H26N2O2/c1-3-5-10-16(4-2)15-22-19(23)18(21-20(22)24)14-9-13-17-11-7-6-8-12-17/h6-9,11-14,16H,3-5,10,15H2,1-2H3,(H,21,24). The molecule has 1 aliphatic rings. The van der Waals surface area contributed by atoms with Crippen LogP contribution in [0.3, 0.4) is 0 Å². The van der Waals surface area contributed by atoms with Crippen LogP contribution < -0.4 is 5.32 Å². The third-order valence-electron chi connectivity index (χ3n) is 4.30. The molecule has 1 fully saturated rings. The highest BCUT2D eigenvalue weighted by molar-refractivity contribution is 6.11. The number of benzene rings is 1. The first-order chi connectivity index (χ1) is 11.7. The zero-order valence-electron chi connectivity index (χ0n) is 14.5. The molecular weight excluding hydrogens is 300 g/mol. The molecule has 4 heteroatoms. The van der Waals surface area contributed by atoms with Gasteiger partial charge >= 0.3 is 6.03 Å². The Labute approximate surface area is 144 Å². The summed E-state index contributed by atoms with van der Waals surface area (Å²) in [5.74, 6) is 0.145. The predicted molar refractivity (Wildman–Crippen MR) is 97.1 cm³/mol. The number of imide groups is 1. The molecule has 1 saturated heterocycles. The second-order valence-corrected chi connectivity index (χ2v) is 6.11. The summed E-state index contributed by atoms with van der Waals surface area (Å²) in [4.78, 5) is 25.8. The van der Waals surface area contributed by atoms with Gasteiger partial charge in [-0.3, -0.25) is 9.69 Å². The SMILES string of the molecule is CCCCC(CC)CN1C(=O)NC(=CC=Cc2ccccc2)C1=O. The quantitative estimate of drug-likeness (QED) is 0.570. The van der Waals surface area contributed by atoms with Gasteiger partial charge in [0.25, 0.3) is 5.91 Å². The van der Waals surface area contributed by atoms with E-state index in [-0.39, 0.29) is 11.9 Å². The van der Waals surface area contributed by atoms with Crippen molar-refractivity contribution >= 4 is 18.0 Å². The highest BCUT2D eigenvalue weighted by Gasteiger charge is 2.34. The van der Waals surface area contributed by atoms with E-state index < -0.39 is 0 Å². The summed E-state index contributed by atoms with van der Waals surface area (Å²) < 4.78 is 0. The predicted octanol–water partition coefficient (Wildman–Crippen LogP) is 4.35. The molecule has 24 heavy (non-hydrogen) atoms. The van der Waals surface area contributed by atoms with E-state index in [0.29, 0.717) is 18.2 Å². The first kappa shape index (κ1) is 18.0. The molecule has 0 radical (unpaired) electrons. The van der Waals surface area contributed by atoms with Gasteiger partial charge in [-0.1, -0.05) is 75.6 Å². The second kappa shape index (κ2) is 9.06. The van der Waals surface area contributed by atoms with Crippen LogP contribution in [0.25, 0.3) is 6.08 Å². The number of urea groups is 1. The van der Waals surface area contributed by atoms with E-state index in [1.54, 1.807) is 12.2 Å². The lowest BCUT2D eigenvalue weighted by molar-refractivity contribution is -0.123. The zero-order valence-corrected chi connectivity index (χ0v) is 14.5. The smallest absolute Gasteiger partial charge is 0.303 e. The molecule has 1 aromatic rings. The normalized spacial score (nSPS) is 17.8. The maximum absolute atomic E-state index is 12.4. The van der Waals surface area contributed by atoms with Gasteiger partial charge in [-0.25, -0.2) is 4.79 Å². The number of hydrogen-bond donors (Lipinski definition) is 1. The van der Waals surface area contributed by atoms with Crippen LogP contribution in [0.1, 0.15) is 45.1 Å². The molecule has 1 N–H and O–H groups in total. The Kier molecular flexibility index (Phi) is 6.79. The Hall–Kier alpha value is -2.36. The fraction of sp³-hybridized carbons (Fsp3) is 0.400. The molecule has 4 nitrogen and oxygen atoms in total. The summed E-state index contributed by atoms with van der Waals surface area (Å²) in [6.07, 6.45) is 9.66. The van der Waals surface area contributed by atoms with Gasteiger partial charge in [0.15, 0.2) is 0 Å². The Morgan fingerprint density at radius 2 is 1.92 bits per heavy atom. The number of amides is 3. The Morgan fingerprint density at radius 1 is 1.17 bits per heavy atom. The van der Waals surface area contributed by atoms with E-state index in [0.717, 1.165) is 31.2 Å². The van der Waals surface area contributed by atoms with Crippen molar-refractivity contribution in [2.24, 2.45) is 5.92 Å². The van der Waals surface area contributed by atoms with Crippen LogP contribution in [0.15, 0.2) is 48.2 Å². The lowest BCUT2D eigenvalue weighted by Crippen LogP contribution is -2.35. The van der Waals surface area contributed by atoms with Crippen LogP contribution in [0.4, 0.5) is 4.79 Å². The van der Waals surface area contributed by atoms with Crippen molar-refractivity contribution in [1.82, 2.24) is 10.2 Å². The van der Waals surface area contributed by atoms with E-state index >= 15 is 0 Å². The monoisotopic (exact) mass is 326 g/mol. The Bertz CT molecular complexity index is 620. The molecular formula is C20H26N2O2. The molecule has 1 aliphatic heterocycles. The topological polar surface area (TPSA) is 49.4 Å². The largest absolute Gasteiger partial charge is 0.329 e. The number of carbonyl (C=O) groups is 2. The fourth-order valence-corrected chi connectivity index (χ4v) is 2.75. The minimum Gasteiger partial charge on any atom is -0.303 e. The number of unbranched alkanes of at least 4 members (excludes halogenated alkanes) is 1. The number of allylic oxidation sites excluding steroid dienone is 2. The minimum atomic E-state index is -0.311. The lowest BCUT2D eigenvalue weighted by Gasteiger charge is -2.19. The average Bonchev–Trinajstić information content (AvgIpc) is 2.86. The minimum absolute atomic E-state index is 0.229. The van der Waals surface area contributed by atoms with Crippen LogP contribution in [-0.4, -0.2) is 23.4 Å². The summed E-state index contributed by atoms with van der Waals surface area (Å²) >= 11 is 0. The summed E-state index contributed by atoms with van der Waals surface area (Å²) in [5.41, 5.74) is 1.39. The van der Waals surface area contributed by atoms with Gasteiger partial charge in [-0.2, -0.15) is 0 Å². The fourth-order valence-electron chi connectivity index (χ4n) is 2.75. The highest BCUT2D eigenvalue weighted by atomic mass is 16.2. The zero-order chi connectivity index (χ0) is 17.4. The number of nitrogens with one attached hydrogen (secondary N) is 1. The molecule has 1 heterocycles. The summed E-state index contributed by atoms with van der Waals surface area (Å²) in [5, 5.41) is 2.67. The van der Waals surface area contributed by atoms with Crippen molar-refractivity contribution in [3.05, 3.63) is 53.7 Å². The van der Waals surface area contributed by atoms with Crippen molar-refractivity contribution < 1.29 is 9.59 Å². The van der Waals surface area contributed by atoms with Gasteiger partial charge in [-0.15, -0.1) is 0 Å². The van der Waals surface area contributed by atoms with Crippen LogP contribution in [0.2, 0.25) is 0 Å². The lowest BCUT2D eigenvalue weighted by atomic mass is 9.99. The Morgan fingerprint density at radius 3 is 2.58 bits per heavy atom. The van der Waals surface area contributed by atoms with Crippen LogP contribution >= 0.6 is 0 Å². The number of carbonyl (C=O) groups excluding carboxylic acids is 2. The van der Waals surface area contributed by atoms with Gasteiger partial charge in [0.05, 0.1) is 0 Å². The number of rotatable bonds is 8. The third-order valence-corrected chi connectivity index (χ3v) is 4.30. The van der Waals surface area contributed by atoms with E-state index in [2.05, 4.69) is 19.2 Å². The third kappa shape index (κ3) is 4.82. The van der Waals surface area contributed by atoms with E-state index in [1.165, 1.54) is 4.90 Å². The van der Waals surface area contributed by atoms with Crippen molar-refractivity contribution in [3.8, 4) is 0 Å². The van der Waals surface area contributed by atoms with Gasteiger partial charge in [0.2, 0.25) is 0 Å². The van der Waals surface area contributed by atoms with Crippen molar-refractivity contribution in [2.75, 3.05) is 6.54 Å². The molecule has 1 unspecified atom stereocenters. The van der Waals surface area contributed by atoms with Crippen molar-refractivity contribution in [2.45, 2.75) is 39.5 Å². The molecule has 1 aromatic carbocycles. The van der Waals surface area contributed by atoms with E-state index in [4.69, 9.17) is 0 Å². The first-order valence-corrected chi connectivity index (χ1v) is 8.72. The highest BCUT2D eigenvalue weighted by Crippen LogP contribution is 2.18. The Balaban J connectivity index is 2.00. The van der Waals surface area contributed by atoms with Crippen LogP contribution in [-0.2, 0) is 4.79 Å². The van der Waals surface area contributed by atoms with E-state index in [9.17, 15) is 9.59 Å². The molecule has 0 aliphatic carbocycles. The summed E-state index contributed by atoms with van der Waals surface area (Å²) in [6, 6.07) is 9.52. The van der Waals surface area contributed by atoms with Crippen molar-refractivity contribution in [3.63, 3.8) is 0 Å². The van der Waals surface area contributed by atoms with Gasteiger partial charge < -0.3 is 5.32 Å². The second-order valence-electron chi connectivity index (χ2n) is 6.11. The summed E-state index contributed by atoms with van der Waals surface area (Å²) in [7, 11) is 0. The molecule has 0 aromatic heterocycles. The van der Waals surface area contributed by atoms with Gasteiger partial charge in [0, 0.05) is 6.54 Å². The van der Waals surface area contributed by atoms with Crippen LogP contribution in [0, 0.1) is 5.92 Å². The molecule has 3 amide bonds. The number of nitrogens with zero attached hydrogens (tertiary/aromatic N) is 1. The van der Waals surface area contributed by atoms with Gasteiger partial charge in [0.1, 0.15) is 5.70 Å². The first-order valence-electron chi connectivity index (χ1n) is 8.72. The summed E-state index contributed by atoms with van der Waals surface area (Å²) in [6.45, 7) is 4.76. The molecule has 0 saturated carbocycles. The average molecular weight is 326 g/mol. The maximum atomic E-state index is 12.4. The van der Waals surface area contributed by atoms with Crippen LogP contribution in [0.5, 0.6) is 0 Å². The van der Waals surface area contributed by atoms with E-state index in [1.807, 2.05) is 36.4 Å². The molecule has 2 rings (SSSR count).